The maximum absolute atomic E-state index is 8.85. The summed E-state index contributed by atoms with van der Waals surface area (Å²) in [5, 5.41) is 13.3. The molecule has 0 spiro atoms. The van der Waals surface area contributed by atoms with Gasteiger partial charge in [-0.3, -0.25) is 0 Å². The number of aromatic amines is 1. The average Bonchev–Trinajstić information content (AvgIpc) is 2.84. The maximum Gasteiger partial charge on any atom is 0.222 e. The van der Waals surface area contributed by atoms with Crippen LogP contribution in [0.1, 0.15) is 12.0 Å². The molecule has 0 bridgehead atoms. The van der Waals surface area contributed by atoms with Gasteiger partial charge in [0, 0.05) is 24.9 Å². The van der Waals surface area contributed by atoms with Crippen molar-refractivity contribution in [2.45, 2.75) is 13.0 Å². The van der Waals surface area contributed by atoms with Crippen molar-refractivity contribution in [1.29, 1.82) is 0 Å². The second-order valence-corrected chi connectivity index (χ2v) is 3.80. The Hall–Kier alpha value is -2.14. The highest BCUT2D eigenvalue weighted by molar-refractivity contribution is 5.80. The van der Waals surface area contributed by atoms with E-state index in [-0.39, 0.29) is 6.61 Å². The molecule has 0 atom stereocenters. The van der Waals surface area contributed by atoms with Crippen molar-refractivity contribution < 1.29 is 9.94 Å². The van der Waals surface area contributed by atoms with Crippen LogP contribution in [0.15, 0.2) is 40.6 Å². The van der Waals surface area contributed by atoms with Crippen LogP contribution in [0.4, 0.5) is 0 Å². The number of aliphatic imine (C=N–C) groups is 1. The monoisotopic (exact) mass is 245 g/mol. The summed E-state index contributed by atoms with van der Waals surface area (Å²) in [6.07, 6.45) is 2.24. The number of benzene rings is 1. The lowest BCUT2D eigenvalue weighted by atomic mass is 10.2. The molecule has 2 aromatic rings. The van der Waals surface area contributed by atoms with Crippen molar-refractivity contribution in [2.24, 2.45) is 10.1 Å². The van der Waals surface area contributed by atoms with Crippen molar-refractivity contribution >= 4 is 23.5 Å². The predicted molar refractivity (Wildman–Crippen MR) is 71.8 cm³/mol. The highest BCUT2D eigenvalue weighted by Crippen LogP contribution is 2.14. The largest absolute Gasteiger partial charge is 0.396 e. The first kappa shape index (κ1) is 12.3. The third-order valence-corrected chi connectivity index (χ3v) is 2.55. The minimum atomic E-state index is -0.0238. The number of hydrogen-bond donors (Lipinski definition) is 2. The fraction of sp³-hybridized carbons (Fsp3) is 0.231. The summed E-state index contributed by atoms with van der Waals surface area (Å²) >= 11 is 0. The number of hydrogen-bond acceptors (Lipinski definition) is 4. The summed E-state index contributed by atoms with van der Waals surface area (Å²) in [6, 6.07) is 8.10. The van der Waals surface area contributed by atoms with E-state index in [9.17, 15) is 0 Å². The van der Waals surface area contributed by atoms with E-state index in [1.807, 2.05) is 30.5 Å². The number of H-pyrrole nitrogens is 1. The third kappa shape index (κ3) is 2.95. The number of oxime groups is 1. The average molecular weight is 245 g/mol. The number of nitrogens with one attached hydrogen (secondary N) is 1. The molecule has 1 aromatic carbocycles. The molecule has 0 aliphatic heterocycles. The number of nitrogens with zero attached hydrogens (tertiary/aromatic N) is 2. The number of aliphatic hydroxyl groups excluding tert-OH is 1. The Balaban J connectivity index is 2.11. The third-order valence-electron chi connectivity index (χ3n) is 2.55. The number of fused-ring (bicyclic) bond motifs is 1. The number of aromatic nitrogens is 1. The van der Waals surface area contributed by atoms with E-state index in [1.165, 1.54) is 5.39 Å². The number of aliphatic hydroxyl groups is 1. The molecule has 5 nitrogen and oxygen atoms in total. The Labute approximate surface area is 105 Å². The molecule has 2 N–H and O–H groups in total. The van der Waals surface area contributed by atoms with Gasteiger partial charge in [0.15, 0.2) is 0 Å². The zero-order valence-corrected chi connectivity index (χ0v) is 9.97. The summed E-state index contributed by atoms with van der Waals surface area (Å²) < 4.78 is 0. The quantitative estimate of drug-likeness (QED) is 0.481. The van der Waals surface area contributed by atoms with Gasteiger partial charge in [-0.15, -0.1) is 0 Å². The van der Waals surface area contributed by atoms with Gasteiger partial charge in [0.1, 0.15) is 0 Å². The molecule has 0 fully saturated rings. The van der Waals surface area contributed by atoms with Crippen LogP contribution in [0.5, 0.6) is 0 Å². The Morgan fingerprint density at radius 3 is 3.06 bits per heavy atom. The van der Waals surface area contributed by atoms with Gasteiger partial charge in [-0.25, -0.2) is 4.99 Å². The molecule has 0 radical (unpaired) electrons. The summed E-state index contributed by atoms with van der Waals surface area (Å²) in [5.41, 5.74) is 2.14. The van der Waals surface area contributed by atoms with E-state index >= 15 is 0 Å². The van der Waals surface area contributed by atoms with Crippen LogP contribution in [0.2, 0.25) is 0 Å². The molecule has 0 aliphatic carbocycles. The molecule has 18 heavy (non-hydrogen) atoms. The number of rotatable bonds is 5. The molecule has 0 saturated heterocycles. The molecule has 94 valence electrons. The van der Waals surface area contributed by atoms with Gasteiger partial charge in [-0.05, 0) is 23.1 Å². The van der Waals surface area contributed by atoms with E-state index in [4.69, 9.17) is 9.94 Å². The topological polar surface area (TPSA) is 70.0 Å². The summed E-state index contributed by atoms with van der Waals surface area (Å²) in [6.45, 7) is 3.69. The van der Waals surface area contributed by atoms with E-state index in [1.54, 1.807) is 0 Å². The van der Waals surface area contributed by atoms with Crippen molar-refractivity contribution in [3.05, 3.63) is 36.0 Å². The Bertz CT molecular complexity index is 560. The van der Waals surface area contributed by atoms with Crippen LogP contribution >= 0.6 is 0 Å². The smallest absolute Gasteiger partial charge is 0.222 e. The molecule has 0 unspecified atom stereocenters. The SMILES string of the molecule is C=NOC(CCO)=NCc1ccc2cc[nH]c2c1. The standard InChI is InChI=1S/C13H15N3O2/c1-14-18-13(5-7-17)16-9-10-2-3-11-4-6-15-12(11)8-10/h2-4,6,8,15,17H,1,5,7,9H2. The fourth-order valence-corrected chi connectivity index (χ4v) is 1.70. The van der Waals surface area contributed by atoms with Crippen LogP contribution in [-0.2, 0) is 11.4 Å². The fourth-order valence-electron chi connectivity index (χ4n) is 1.70. The lowest BCUT2D eigenvalue weighted by Crippen LogP contribution is -2.04. The summed E-state index contributed by atoms with van der Waals surface area (Å²) in [4.78, 5) is 12.3. The first-order valence-corrected chi connectivity index (χ1v) is 5.66. The van der Waals surface area contributed by atoms with E-state index in [0.717, 1.165) is 11.1 Å². The molecule has 0 saturated carbocycles. The normalized spacial score (nSPS) is 11.7. The van der Waals surface area contributed by atoms with Crippen molar-refractivity contribution in [2.75, 3.05) is 6.61 Å². The van der Waals surface area contributed by atoms with E-state index in [0.29, 0.717) is 18.9 Å². The first-order chi connectivity index (χ1) is 8.83. The van der Waals surface area contributed by atoms with Gasteiger partial charge in [-0.1, -0.05) is 17.3 Å². The summed E-state index contributed by atoms with van der Waals surface area (Å²) in [7, 11) is 0. The Morgan fingerprint density at radius 1 is 1.39 bits per heavy atom. The molecule has 1 aromatic heterocycles. The molecular weight excluding hydrogens is 230 g/mol. The lowest BCUT2D eigenvalue weighted by Gasteiger charge is -2.02. The minimum Gasteiger partial charge on any atom is -0.396 e. The molecule has 0 aliphatic rings. The van der Waals surface area contributed by atoms with Crippen molar-refractivity contribution in [1.82, 2.24) is 4.98 Å². The minimum absolute atomic E-state index is 0.0238. The second-order valence-electron chi connectivity index (χ2n) is 3.80. The van der Waals surface area contributed by atoms with Gasteiger partial charge < -0.3 is 14.9 Å². The maximum atomic E-state index is 8.85. The highest BCUT2D eigenvalue weighted by Gasteiger charge is 2.01. The highest BCUT2D eigenvalue weighted by atomic mass is 16.6. The van der Waals surface area contributed by atoms with Crippen molar-refractivity contribution in [3.63, 3.8) is 0 Å². The Kier molecular flexibility index (Phi) is 4.09. The Morgan fingerprint density at radius 2 is 2.28 bits per heavy atom. The van der Waals surface area contributed by atoms with Crippen LogP contribution in [-0.4, -0.2) is 29.3 Å². The lowest BCUT2D eigenvalue weighted by molar-refractivity contribution is 0.273. The zero-order valence-electron chi connectivity index (χ0n) is 9.97. The zero-order chi connectivity index (χ0) is 12.8. The van der Waals surface area contributed by atoms with Crippen LogP contribution < -0.4 is 0 Å². The van der Waals surface area contributed by atoms with Crippen LogP contribution in [0, 0.1) is 0 Å². The van der Waals surface area contributed by atoms with Gasteiger partial charge in [0.25, 0.3) is 0 Å². The van der Waals surface area contributed by atoms with Gasteiger partial charge in [0.2, 0.25) is 5.90 Å². The summed E-state index contributed by atoms with van der Waals surface area (Å²) in [5.74, 6) is 0.388. The van der Waals surface area contributed by atoms with Crippen LogP contribution in [0.3, 0.4) is 0 Å². The van der Waals surface area contributed by atoms with E-state index in [2.05, 4.69) is 21.8 Å². The van der Waals surface area contributed by atoms with Gasteiger partial charge in [-0.2, -0.15) is 0 Å². The van der Waals surface area contributed by atoms with Gasteiger partial charge in [0.05, 0.1) is 13.2 Å². The molecule has 1 heterocycles. The van der Waals surface area contributed by atoms with Crippen LogP contribution in [0.25, 0.3) is 10.9 Å². The van der Waals surface area contributed by atoms with Gasteiger partial charge >= 0.3 is 0 Å². The van der Waals surface area contributed by atoms with E-state index < -0.39 is 0 Å². The molecule has 5 heteroatoms. The molecule has 2 rings (SSSR count). The first-order valence-electron chi connectivity index (χ1n) is 5.66. The molecular formula is C13H15N3O2. The molecule has 0 amide bonds. The van der Waals surface area contributed by atoms with Crippen molar-refractivity contribution in [3.8, 4) is 0 Å². The predicted octanol–water partition coefficient (Wildman–Crippen LogP) is 2.08. The second kappa shape index (κ2) is 5.97.